The summed E-state index contributed by atoms with van der Waals surface area (Å²) in [5.74, 6) is -2.06. The third kappa shape index (κ3) is 4.00. The lowest BCUT2D eigenvalue weighted by atomic mass is 9.97. The third-order valence-corrected chi connectivity index (χ3v) is 5.88. The van der Waals surface area contributed by atoms with Gasteiger partial charge < -0.3 is 19.3 Å². The highest BCUT2D eigenvalue weighted by Gasteiger charge is 2.22. The van der Waals surface area contributed by atoms with E-state index >= 15 is 0 Å². The molecule has 4 rings (SSSR count). The molecule has 0 radical (unpaired) electrons. The molecule has 33 heavy (non-hydrogen) atoms. The summed E-state index contributed by atoms with van der Waals surface area (Å²) in [6, 6.07) is 6.83. The van der Waals surface area contributed by atoms with E-state index in [4.69, 9.17) is 13.9 Å². The van der Waals surface area contributed by atoms with Crippen molar-refractivity contribution in [2.45, 2.75) is 39.7 Å². The molecule has 0 bridgehead atoms. The Balaban J connectivity index is 1.83. The fourth-order valence-electron chi connectivity index (χ4n) is 4.00. The van der Waals surface area contributed by atoms with Gasteiger partial charge in [0, 0.05) is 21.9 Å². The van der Waals surface area contributed by atoms with E-state index in [1.165, 1.54) is 12.1 Å². The number of nitrogens with one attached hydrogen (secondary N) is 1. The molecule has 4 aromatic rings. The van der Waals surface area contributed by atoms with Gasteiger partial charge in [0.25, 0.3) is 0 Å². The summed E-state index contributed by atoms with van der Waals surface area (Å²) < 4.78 is 24.7. The zero-order valence-corrected chi connectivity index (χ0v) is 18.3. The van der Waals surface area contributed by atoms with Crippen LogP contribution in [0, 0.1) is 19.7 Å². The van der Waals surface area contributed by atoms with Crippen molar-refractivity contribution in [2.24, 2.45) is 0 Å². The summed E-state index contributed by atoms with van der Waals surface area (Å²) in [5.41, 5.74) is 3.11. The fraction of sp³-hybridized carbons (Fsp3) is 0.240. The minimum Gasteiger partial charge on any atom is -0.480 e. The second-order valence-electron chi connectivity index (χ2n) is 7.95. The molecular weight excluding hydrogens is 429 g/mol. The average molecular weight is 451 g/mol. The van der Waals surface area contributed by atoms with Crippen LogP contribution < -0.4 is 10.9 Å². The highest BCUT2D eigenvalue weighted by molar-refractivity contribution is 6.05. The highest BCUT2D eigenvalue weighted by atomic mass is 19.1. The summed E-state index contributed by atoms with van der Waals surface area (Å²) in [5, 5.41) is 13.0. The largest absolute Gasteiger partial charge is 0.480 e. The molecule has 1 amide bonds. The van der Waals surface area contributed by atoms with Crippen LogP contribution in [0.5, 0.6) is 0 Å². The summed E-state index contributed by atoms with van der Waals surface area (Å²) in [4.78, 5) is 36.3. The van der Waals surface area contributed by atoms with E-state index in [0.717, 1.165) is 16.5 Å². The lowest BCUT2D eigenvalue weighted by Gasteiger charge is -2.13. The molecule has 0 unspecified atom stereocenters. The SMILES string of the molecule is CC[C@H](NC(=O)Cc1c(C)c2cc3c(-c4ccc(F)cc4)coc3c(C)c2oc1=O)C(=O)O. The molecule has 1 atom stereocenters. The number of amides is 1. The van der Waals surface area contributed by atoms with Crippen LogP contribution in [0.3, 0.4) is 0 Å². The number of aliphatic carboxylic acids is 1. The van der Waals surface area contributed by atoms with Gasteiger partial charge in [-0.25, -0.2) is 14.0 Å². The summed E-state index contributed by atoms with van der Waals surface area (Å²) >= 11 is 0. The van der Waals surface area contributed by atoms with Gasteiger partial charge in [0.2, 0.25) is 5.91 Å². The standard InChI is InChI=1S/C25H22FNO6/c1-4-20(24(29)30)27-21(28)10-17-12(2)16-9-18-19(14-5-7-15(26)8-6-14)11-32-22(18)13(3)23(16)33-25(17)31/h5-9,11,20H,4,10H2,1-3H3,(H,27,28)(H,29,30)/t20-/m0/s1. The Morgan fingerprint density at radius 1 is 1.09 bits per heavy atom. The second kappa shape index (κ2) is 8.54. The Hall–Kier alpha value is -3.94. The van der Waals surface area contributed by atoms with Crippen molar-refractivity contribution in [3.05, 3.63) is 69.5 Å². The number of benzene rings is 2. The third-order valence-electron chi connectivity index (χ3n) is 5.88. The lowest BCUT2D eigenvalue weighted by Crippen LogP contribution is -2.41. The van der Waals surface area contributed by atoms with Crippen LogP contribution >= 0.6 is 0 Å². The number of halogens is 1. The zero-order chi connectivity index (χ0) is 23.9. The maximum atomic E-state index is 13.4. The monoisotopic (exact) mass is 451 g/mol. The van der Waals surface area contributed by atoms with Crippen molar-refractivity contribution < 1.29 is 27.9 Å². The Bertz CT molecular complexity index is 1450. The first kappa shape index (κ1) is 22.3. The molecule has 170 valence electrons. The van der Waals surface area contributed by atoms with Gasteiger partial charge in [-0.2, -0.15) is 0 Å². The van der Waals surface area contributed by atoms with E-state index in [1.807, 2.05) is 6.07 Å². The molecule has 2 aromatic heterocycles. The minimum atomic E-state index is -1.14. The number of aryl methyl sites for hydroxylation is 2. The second-order valence-corrected chi connectivity index (χ2v) is 7.95. The number of carboxylic acid groups (broad SMARTS) is 1. The maximum Gasteiger partial charge on any atom is 0.340 e. The molecule has 0 saturated heterocycles. The molecule has 0 fully saturated rings. The summed E-state index contributed by atoms with van der Waals surface area (Å²) in [6.45, 7) is 5.14. The topological polar surface area (TPSA) is 110 Å². The molecule has 8 heteroatoms. The van der Waals surface area contributed by atoms with E-state index in [0.29, 0.717) is 27.7 Å². The van der Waals surface area contributed by atoms with E-state index in [2.05, 4.69) is 5.32 Å². The smallest absolute Gasteiger partial charge is 0.340 e. The maximum absolute atomic E-state index is 13.4. The van der Waals surface area contributed by atoms with Gasteiger partial charge in [0.05, 0.1) is 18.2 Å². The van der Waals surface area contributed by atoms with Gasteiger partial charge in [-0.1, -0.05) is 19.1 Å². The van der Waals surface area contributed by atoms with Gasteiger partial charge in [0.15, 0.2) is 0 Å². The first-order valence-electron chi connectivity index (χ1n) is 10.5. The number of hydrogen-bond acceptors (Lipinski definition) is 5. The zero-order valence-electron chi connectivity index (χ0n) is 18.3. The van der Waals surface area contributed by atoms with Crippen LogP contribution in [0.1, 0.15) is 30.0 Å². The Morgan fingerprint density at radius 2 is 1.79 bits per heavy atom. The van der Waals surface area contributed by atoms with Crippen molar-refractivity contribution in [1.29, 1.82) is 0 Å². The van der Waals surface area contributed by atoms with E-state index in [9.17, 15) is 18.8 Å². The molecule has 0 spiro atoms. The van der Waals surface area contributed by atoms with Crippen molar-refractivity contribution in [1.82, 2.24) is 5.32 Å². The Morgan fingerprint density at radius 3 is 2.42 bits per heavy atom. The number of carbonyl (C=O) groups excluding carboxylic acids is 1. The Kier molecular flexibility index (Phi) is 5.76. The Labute approximate surface area is 187 Å². The van der Waals surface area contributed by atoms with Crippen molar-refractivity contribution >= 4 is 33.8 Å². The molecule has 0 aliphatic rings. The van der Waals surface area contributed by atoms with Crippen molar-refractivity contribution in [3.63, 3.8) is 0 Å². The van der Waals surface area contributed by atoms with Crippen LogP contribution in [0.4, 0.5) is 4.39 Å². The molecule has 2 N–H and O–H groups in total. The molecule has 2 aromatic carbocycles. The normalized spacial score (nSPS) is 12.2. The number of hydrogen-bond donors (Lipinski definition) is 2. The number of rotatable bonds is 6. The van der Waals surface area contributed by atoms with Gasteiger partial charge in [-0.3, -0.25) is 4.79 Å². The van der Waals surface area contributed by atoms with Crippen LogP contribution in [0.15, 0.2) is 50.2 Å². The average Bonchev–Trinajstić information content (AvgIpc) is 3.20. The quantitative estimate of drug-likeness (QED) is 0.418. The molecule has 0 aliphatic heterocycles. The van der Waals surface area contributed by atoms with Crippen molar-refractivity contribution in [2.75, 3.05) is 0 Å². The van der Waals surface area contributed by atoms with Crippen LogP contribution in [-0.4, -0.2) is 23.0 Å². The van der Waals surface area contributed by atoms with Gasteiger partial charge in [-0.05, 0) is 49.6 Å². The predicted octanol–water partition coefficient (Wildman–Crippen LogP) is 4.48. The summed E-state index contributed by atoms with van der Waals surface area (Å²) in [7, 11) is 0. The van der Waals surface area contributed by atoms with Crippen LogP contribution in [0.2, 0.25) is 0 Å². The van der Waals surface area contributed by atoms with Gasteiger partial charge in [-0.15, -0.1) is 0 Å². The highest BCUT2D eigenvalue weighted by Crippen LogP contribution is 2.37. The summed E-state index contributed by atoms with van der Waals surface area (Å²) in [6.07, 6.45) is 1.49. The molecule has 0 saturated carbocycles. The number of fused-ring (bicyclic) bond motifs is 2. The first-order chi connectivity index (χ1) is 15.7. The van der Waals surface area contributed by atoms with E-state index in [1.54, 1.807) is 39.2 Å². The molecule has 7 nitrogen and oxygen atoms in total. The van der Waals surface area contributed by atoms with Crippen LogP contribution in [0.25, 0.3) is 33.1 Å². The van der Waals surface area contributed by atoms with E-state index < -0.39 is 23.5 Å². The van der Waals surface area contributed by atoms with Gasteiger partial charge in [0.1, 0.15) is 23.0 Å². The molecule has 0 aliphatic carbocycles. The molecule has 2 heterocycles. The number of furan rings is 1. The lowest BCUT2D eigenvalue weighted by molar-refractivity contribution is -0.141. The van der Waals surface area contributed by atoms with E-state index in [-0.39, 0.29) is 24.2 Å². The predicted molar refractivity (Wildman–Crippen MR) is 121 cm³/mol. The molecular formula is C25H22FNO6. The fourth-order valence-corrected chi connectivity index (χ4v) is 4.00. The van der Waals surface area contributed by atoms with Gasteiger partial charge >= 0.3 is 11.6 Å². The van der Waals surface area contributed by atoms with Crippen molar-refractivity contribution in [3.8, 4) is 11.1 Å². The number of carbonyl (C=O) groups is 2. The van der Waals surface area contributed by atoms with Crippen LogP contribution in [-0.2, 0) is 16.0 Å². The minimum absolute atomic E-state index is 0.158. The number of carboxylic acids is 1. The first-order valence-corrected chi connectivity index (χ1v) is 10.5.